The molecule has 0 aliphatic heterocycles. The van der Waals surface area contributed by atoms with Gasteiger partial charge in [-0.1, -0.05) is 33.6 Å². The number of rotatable bonds is 8. The molecule has 0 rings (SSSR count). The van der Waals surface area contributed by atoms with E-state index in [4.69, 9.17) is 30.6 Å². The van der Waals surface area contributed by atoms with E-state index in [1.165, 1.54) is 0 Å². The third-order valence-corrected chi connectivity index (χ3v) is 2.29. The number of hydrogen-bond donors (Lipinski definition) is 6. The standard InChI is InChI=1S/C6H14O2.C5H12O2.C4H4O4/c1-2-3-4-5-6(7)8;1-5(2,3-6)4-7;5-3(6)1-2-4(7)8/h6-8H,2-5H2,1H3;6-7H,3-4H2,1-2H3;1-2H,(H,5,6)(H,7,8)/b;;2-1+. The molecule has 0 aromatic heterocycles. The normalized spacial score (nSPS) is 10.6. The molecule has 0 amide bonds. The third kappa shape index (κ3) is 33.4. The Morgan fingerprint density at radius 2 is 1.35 bits per heavy atom. The highest BCUT2D eigenvalue weighted by atomic mass is 16.5. The number of aliphatic hydroxyl groups excluding tert-OH is 3. The van der Waals surface area contributed by atoms with E-state index < -0.39 is 18.2 Å². The van der Waals surface area contributed by atoms with E-state index in [0.717, 1.165) is 19.3 Å². The smallest absolute Gasteiger partial charge is 0.328 e. The first kappa shape index (κ1) is 26.4. The summed E-state index contributed by atoms with van der Waals surface area (Å²) < 4.78 is 0. The fourth-order valence-electron chi connectivity index (χ4n) is 0.769. The quantitative estimate of drug-likeness (QED) is 0.213. The lowest BCUT2D eigenvalue weighted by molar-refractivity contribution is -0.134. The van der Waals surface area contributed by atoms with Crippen LogP contribution in [0.25, 0.3) is 0 Å². The van der Waals surface area contributed by atoms with Crippen molar-refractivity contribution in [3.8, 4) is 0 Å². The van der Waals surface area contributed by atoms with Crippen LogP contribution in [-0.2, 0) is 9.59 Å². The second-order valence-corrected chi connectivity index (χ2v) is 5.47. The highest BCUT2D eigenvalue weighted by Crippen LogP contribution is 2.10. The Hall–Kier alpha value is -1.48. The average molecular weight is 338 g/mol. The minimum absolute atomic E-state index is 0.0451. The first-order valence-electron chi connectivity index (χ1n) is 7.24. The maximum Gasteiger partial charge on any atom is 0.328 e. The molecule has 6 N–H and O–H groups in total. The molecule has 0 aromatic carbocycles. The van der Waals surface area contributed by atoms with E-state index in [2.05, 4.69) is 6.92 Å². The van der Waals surface area contributed by atoms with Crippen LogP contribution < -0.4 is 0 Å². The number of carboxylic acid groups (broad SMARTS) is 2. The van der Waals surface area contributed by atoms with Crippen LogP contribution in [0.3, 0.4) is 0 Å². The minimum Gasteiger partial charge on any atom is -0.478 e. The molecule has 0 bridgehead atoms. The highest BCUT2D eigenvalue weighted by molar-refractivity contribution is 5.89. The largest absolute Gasteiger partial charge is 0.478 e. The number of unbranched alkanes of at least 4 members (excludes halogenated alkanes) is 2. The Balaban J connectivity index is -0.000000262. The molecule has 0 spiro atoms. The fourth-order valence-corrected chi connectivity index (χ4v) is 0.769. The van der Waals surface area contributed by atoms with Crippen molar-refractivity contribution in [3.63, 3.8) is 0 Å². The molecule has 0 heterocycles. The molecule has 0 radical (unpaired) electrons. The Bertz CT molecular complexity index is 301. The summed E-state index contributed by atoms with van der Waals surface area (Å²) in [6.07, 6.45) is 3.69. The molecule has 0 unspecified atom stereocenters. The van der Waals surface area contributed by atoms with Gasteiger partial charge in [0.15, 0.2) is 6.29 Å². The molecule has 138 valence electrons. The Morgan fingerprint density at radius 3 is 1.52 bits per heavy atom. The summed E-state index contributed by atoms with van der Waals surface area (Å²) in [6, 6.07) is 0. The zero-order chi connectivity index (χ0) is 18.9. The van der Waals surface area contributed by atoms with Gasteiger partial charge in [-0.15, -0.1) is 0 Å². The lowest BCUT2D eigenvalue weighted by atomic mass is 9.97. The zero-order valence-corrected chi connectivity index (χ0v) is 14.0. The number of aliphatic carboxylic acids is 2. The van der Waals surface area contributed by atoms with Gasteiger partial charge in [0.1, 0.15) is 0 Å². The summed E-state index contributed by atoms with van der Waals surface area (Å²) in [5, 5.41) is 49.2. The summed E-state index contributed by atoms with van der Waals surface area (Å²) in [5.74, 6) is -2.51. The van der Waals surface area contributed by atoms with Crippen LogP contribution in [-0.4, -0.2) is 62.1 Å². The second kappa shape index (κ2) is 16.9. The van der Waals surface area contributed by atoms with E-state index in [1.54, 1.807) is 13.8 Å². The topological polar surface area (TPSA) is 156 Å². The van der Waals surface area contributed by atoms with Crippen LogP contribution in [0.1, 0.15) is 46.5 Å². The zero-order valence-electron chi connectivity index (χ0n) is 14.0. The van der Waals surface area contributed by atoms with Gasteiger partial charge < -0.3 is 30.6 Å². The predicted octanol–water partition coefficient (Wildman–Crippen LogP) is 0.586. The van der Waals surface area contributed by atoms with Gasteiger partial charge in [0.05, 0.1) is 13.2 Å². The average Bonchev–Trinajstić information content (AvgIpc) is 2.46. The molecule has 0 saturated heterocycles. The molecular weight excluding hydrogens is 308 g/mol. The van der Waals surface area contributed by atoms with E-state index in [9.17, 15) is 9.59 Å². The first-order chi connectivity index (χ1) is 10.5. The first-order valence-corrected chi connectivity index (χ1v) is 7.24. The van der Waals surface area contributed by atoms with Crippen molar-refractivity contribution >= 4 is 11.9 Å². The maximum absolute atomic E-state index is 9.55. The number of carboxylic acids is 2. The molecule has 0 aliphatic carbocycles. The van der Waals surface area contributed by atoms with Crippen LogP contribution in [0.15, 0.2) is 12.2 Å². The molecule has 8 heteroatoms. The van der Waals surface area contributed by atoms with Gasteiger partial charge in [-0.05, 0) is 12.8 Å². The monoisotopic (exact) mass is 338 g/mol. The van der Waals surface area contributed by atoms with Crippen LogP contribution in [0.5, 0.6) is 0 Å². The number of carbonyl (C=O) groups is 2. The second-order valence-electron chi connectivity index (χ2n) is 5.47. The minimum atomic E-state index is -1.26. The maximum atomic E-state index is 9.55. The molecule has 0 aliphatic rings. The fraction of sp³-hybridized carbons (Fsp3) is 0.733. The van der Waals surface area contributed by atoms with E-state index >= 15 is 0 Å². The summed E-state index contributed by atoms with van der Waals surface area (Å²) in [4.78, 5) is 19.1. The molecule has 0 aromatic rings. The molecule has 0 fully saturated rings. The SMILES string of the molecule is CC(C)(CO)CO.CCCCCC(O)O.O=C(O)/C=C/C(=O)O. The van der Waals surface area contributed by atoms with Crippen molar-refractivity contribution in [2.45, 2.75) is 52.7 Å². The summed E-state index contributed by atoms with van der Waals surface area (Å²) in [6.45, 7) is 5.77. The Kier molecular flexibility index (Phi) is 19.4. The summed E-state index contributed by atoms with van der Waals surface area (Å²) in [7, 11) is 0. The van der Waals surface area contributed by atoms with E-state index in [-0.39, 0.29) is 18.6 Å². The van der Waals surface area contributed by atoms with Gasteiger partial charge >= 0.3 is 11.9 Å². The summed E-state index contributed by atoms with van der Waals surface area (Å²) in [5.41, 5.74) is -0.306. The molecule has 23 heavy (non-hydrogen) atoms. The van der Waals surface area contributed by atoms with Crippen molar-refractivity contribution in [1.29, 1.82) is 0 Å². The van der Waals surface area contributed by atoms with Crippen molar-refractivity contribution in [1.82, 2.24) is 0 Å². The lowest BCUT2D eigenvalue weighted by Crippen LogP contribution is -2.20. The Labute approximate surface area is 136 Å². The predicted molar refractivity (Wildman–Crippen MR) is 84.7 cm³/mol. The van der Waals surface area contributed by atoms with Gasteiger partial charge in [-0.3, -0.25) is 0 Å². The summed E-state index contributed by atoms with van der Waals surface area (Å²) >= 11 is 0. The van der Waals surface area contributed by atoms with Gasteiger partial charge in [0, 0.05) is 17.6 Å². The number of hydrogen-bond acceptors (Lipinski definition) is 6. The Morgan fingerprint density at radius 1 is 0.957 bits per heavy atom. The van der Waals surface area contributed by atoms with Crippen LogP contribution in [0, 0.1) is 5.41 Å². The molecule has 0 saturated carbocycles. The highest BCUT2D eigenvalue weighted by Gasteiger charge is 2.13. The van der Waals surface area contributed by atoms with Crippen LogP contribution in [0.4, 0.5) is 0 Å². The van der Waals surface area contributed by atoms with Crippen molar-refractivity contribution < 1.29 is 40.2 Å². The molecular formula is C15H30O8. The molecule has 8 nitrogen and oxygen atoms in total. The van der Waals surface area contributed by atoms with Crippen molar-refractivity contribution in [2.24, 2.45) is 5.41 Å². The molecule has 0 atom stereocenters. The van der Waals surface area contributed by atoms with Crippen molar-refractivity contribution in [3.05, 3.63) is 12.2 Å². The van der Waals surface area contributed by atoms with Crippen LogP contribution in [0.2, 0.25) is 0 Å². The van der Waals surface area contributed by atoms with E-state index in [1.807, 2.05) is 0 Å². The van der Waals surface area contributed by atoms with Crippen molar-refractivity contribution in [2.75, 3.05) is 13.2 Å². The van der Waals surface area contributed by atoms with Gasteiger partial charge in [0.2, 0.25) is 0 Å². The van der Waals surface area contributed by atoms with Gasteiger partial charge in [0.25, 0.3) is 0 Å². The van der Waals surface area contributed by atoms with Crippen LogP contribution >= 0.6 is 0 Å². The lowest BCUT2D eigenvalue weighted by Gasteiger charge is -2.16. The van der Waals surface area contributed by atoms with E-state index in [0.29, 0.717) is 18.6 Å². The number of aliphatic hydroxyl groups is 4. The van der Waals surface area contributed by atoms with Gasteiger partial charge in [-0.2, -0.15) is 0 Å². The van der Waals surface area contributed by atoms with Gasteiger partial charge in [-0.25, -0.2) is 9.59 Å². The third-order valence-electron chi connectivity index (χ3n) is 2.29.